The summed E-state index contributed by atoms with van der Waals surface area (Å²) in [4.78, 5) is 0. The molecule has 2 heterocycles. The summed E-state index contributed by atoms with van der Waals surface area (Å²) in [5, 5.41) is 20.3. The fraction of sp³-hybridized carbons (Fsp3) is 1.00. The van der Waals surface area contributed by atoms with Gasteiger partial charge in [0.1, 0.15) is 0 Å². The fourth-order valence-electron chi connectivity index (χ4n) is 3.07. The molecular weight excluding hydrogens is 244 g/mol. The molecule has 0 bridgehead atoms. The van der Waals surface area contributed by atoms with E-state index in [0.29, 0.717) is 38.9 Å². The van der Waals surface area contributed by atoms with Gasteiger partial charge in [-0.3, -0.25) is 0 Å². The Balaban J connectivity index is 2.29. The predicted molar refractivity (Wildman–Crippen MR) is 62.4 cm³/mol. The van der Waals surface area contributed by atoms with Gasteiger partial charge in [0, 0.05) is 31.5 Å². The minimum absolute atomic E-state index is 0.104. The molecule has 0 aromatic heterocycles. The van der Waals surface area contributed by atoms with Crippen molar-refractivity contribution in [1.29, 1.82) is 0 Å². The van der Waals surface area contributed by atoms with E-state index in [9.17, 15) is 18.6 Å². The van der Waals surface area contributed by atoms with Crippen LogP contribution in [0.4, 0.5) is 0 Å². The lowest BCUT2D eigenvalue weighted by Crippen LogP contribution is -2.58. The largest absolute Gasteiger partial charge is 0.396 e. The van der Waals surface area contributed by atoms with Gasteiger partial charge >= 0.3 is 0 Å². The van der Waals surface area contributed by atoms with Gasteiger partial charge in [-0.15, -0.1) is 0 Å². The topological polar surface area (TPSA) is 83.8 Å². The average molecular weight is 264 g/mol. The summed E-state index contributed by atoms with van der Waals surface area (Å²) in [6.07, 6.45) is 1.90. The summed E-state index contributed by atoms with van der Waals surface area (Å²) in [5.74, 6) is 0.0638. The highest BCUT2D eigenvalue weighted by Crippen LogP contribution is 2.45. The van der Waals surface area contributed by atoms with Crippen LogP contribution in [0.15, 0.2) is 0 Å². The summed E-state index contributed by atoms with van der Waals surface area (Å²) in [6, 6.07) is 0. The molecule has 2 aliphatic rings. The van der Waals surface area contributed by atoms with Gasteiger partial charge in [-0.2, -0.15) is 0 Å². The second-order valence-electron chi connectivity index (χ2n) is 5.28. The van der Waals surface area contributed by atoms with E-state index in [1.165, 1.54) is 0 Å². The molecule has 2 rings (SSSR count). The van der Waals surface area contributed by atoms with E-state index in [4.69, 9.17) is 4.74 Å². The molecule has 0 aromatic carbocycles. The van der Waals surface area contributed by atoms with Crippen LogP contribution in [0, 0.1) is 5.41 Å². The summed E-state index contributed by atoms with van der Waals surface area (Å²) in [6.45, 7) is 0.583. The van der Waals surface area contributed by atoms with Crippen LogP contribution in [0.25, 0.3) is 0 Å². The number of ether oxygens (including phenoxy) is 1. The summed E-state index contributed by atoms with van der Waals surface area (Å²) >= 11 is 0. The van der Waals surface area contributed by atoms with E-state index in [-0.39, 0.29) is 18.1 Å². The molecule has 2 N–H and O–H groups in total. The third kappa shape index (κ3) is 2.36. The lowest BCUT2D eigenvalue weighted by atomic mass is 9.67. The zero-order valence-corrected chi connectivity index (χ0v) is 10.7. The number of rotatable bonds is 2. The zero-order chi connectivity index (χ0) is 12.6. The Hall–Kier alpha value is -0.170. The summed E-state index contributed by atoms with van der Waals surface area (Å²) < 4.78 is 28.7. The van der Waals surface area contributed by atoms with Crippen LogP contribution in [0.5, 0.6) is 0 Å². The molecule has 1 unspecified atom stereocenters. The Morgan fingerprint density at radius 3 is 2.35 bits per heavy atom. The smallest absolute Gasteiger partial charge is 0.151 e. The van der Waals surface area contributed by atoms with Gasteiger partial charge in [0.15, 0.2) is 9.84 Å². The number of hydrogen-bond acceptors (Lipinski definition) is 5. The Kier molecular flexibility index (Phi) is 3.51. The van der Waals surface area contributed by atoms with E-state index in [2.05, 4.69) is 0 Å². The molecule has 0 saturated carbocycles. The normalized spacial score (nSPS) is 36.6. The van der Waals surface area contributed by atoms with Crippen molar-refractivity contribution in [3.8, 4) is 0 Å². The van der Waals surface area contributed by atoms with Gasteiger partial charge in [-0.05, 0) is 12.8 Å². The molecule has 2 aliphatic heterocycles. The van der Waals surface area contributed by atoms with Gasteiger partial charge in [0.05, 0.1) is 23.7 Å². The molecule has 1 atom stereocenters. The van der Waals surface area contributed by atoms with Crippen molar-refractivity contribution in [1.82, 2.24) is 0 Å². The van der Waals surface area contributed by atoms with Gasteiger partial charge < -0.3 is 14.9 Å². The lowest BCUT2D eigenvalue weighted by Gasteiger charge is -2.49. The maximum Gasteiger partial charge on any atom is 0.151 e. The van der Waals surface area contributed by atoms with Gasteiger partial charge in [0.25, 0.3) is 0 Å². The molecule has 5 nitrogen and oxygen atoms in total. The predicted octanol–water partition coefficient (Wildman–Crippen LogP) is -0.285. The molecule has 0 aliphatic carbocycles. The third-order valence-electron chi connectivity index (χ3n) is 4.22. The molecule has 0 aromatic rings. The van der Waals surface area contributed by atoms with Crippen molar-refractivity contribution in [3.05, 3.63) is 0 Å². The Morgan fingerprint density at radius 2 is 1.82 bits per heavy atom. The van der Waals surface area contributed by atoms with E-state index in [1.54, 1.807) is 0 Å². The van der Waals surface area contributed by atoms with Crippen molar-refractivity contribution in [2.75, 3.05) is 31.3 Å². The Morgan fingerprint density at radius 1 is 1.18 bits per heavy atom. The molecule has 6 heteroatoms. The molecular formula is C11H20O5S. The first-order valence-electron chi connectivity index (χ1n) is 6.05. The van der Waals surface area contributed by atoms with Crippen LogP contribution in [0.3, 0.4) is 0 Å². The summed E-state index contributed by atoms with van der Waals surface area (Å²) in [5.41, 5.74) is -2.00. The SMILES string of the molecule is O=S1(=O)CCCC(CO)(C2(O)CCOCC2)C1. The van der Waals surface area contributed by atoms with Crippen molar-refractivity contribution < 1.29 is 23.4 Å². The van der Waals surface area contributed by atoms with Crippen LogP contribution >= 0.6 is 0 Å². The van der Waals surface area contributed by atoms with Gasteiger partial charge in [-0.1, -0.05) is 0 Å². The molecule has 2 fully saturated rings. The Labute approximate surface area is 102 Å². The van der Waals surface area contributed by atoms with Crippen LogP contribution in [-0.4, -0.2) is 55.6 Å². The molecule has 17 heavy (non-hydrogen) atoms. The van der Waals surface area contributed by atoms with Gasteiger partial charge in [0.2, 0.25) is 0 Å². The van der Waals surface area contributed by atoms with Crippen LogP contribution in [0.2, 0.25) is 0 Å². The molecule has 2 saturated heterocycles. The van der Waals surface area contributed by atoms with E-state index < -0.39 is 20.9 Å². The van der Waals surface area contributed by atoms with Crippen molar-refractivity contribution in [3.63, 3.8) is 0 Å². The zero-order valence-electron chi connectivity index (χ0n) is 9.89. The minimum Gasteiger partial charge on any atom is -0.396 e. The van der Waals surface area contributed by atoms with Crippen LogP contribution in [-0.2, 0) is 14.6 Å². The maximum atomic E-state index is 11.8. The second kappa shape index (κ2) is 4.50. The highest BCUT2D eigenvalue weighted by atomic mass is 32.2. The molecule has 100 valence electrons. The van der Waals surface area contributed by atoms with E-state index in [1.807, 2.05) is 0 Å². The number of aliphatic hydroxyl groups is 2. The Bertz CT molecular complexity index is 371. The standard InChI is InChI=1S/C11H20O5S/c12-8-10(2-1-7-17(14,15)9-10)11(13)3-5-16-6-4-11/h12-13H,1-9H2. The number of aliphatic hydroxyl groups excluding tert-OH is 1. The van der Waals surface area contributed by atoms with Crippen LogP contribution < -0.4 is 0 Å². The van der Waals surface area contributed by atoms with Crippen molar-refractivity contribution in [2.45, 2.75) is 31.3 Å². The van der Waals surface area contributed by atoms with E-state index >= 15 is 0 Å². The molecule has 0 radical (unpaired) electrons. The number of hydrogen-bond donors (Lipinski definition) is 2. The third-order valence-corrected chi connectivity index (χ3v) is 6.12. The van der Waals surface area contributed by atoms with Gasteiger partial charge in [-0.25, -0.2) is 8.42 Å². The van der Waals surface area contributed by atoms with Crippen molar-refractivity contribution in [2.24, 2.45) is 5.41 Å². The highest BCUT2D eigenvalue weighted by molar-refractivity contribution is 7.91. The quantitative estimate of drug-likeness (QED) is 0.716. The monoisotopic (exact) mass is 264 g/mol. The maximum absolute atomic E-state index is 11.8. The lowest BCUT2D eigenvalue weighted by molar-refractivity contribution is -0.155. The first kappa shape index (κ1) is 13.3. The first-order chi connectivity index (χ1) is 7.93. The van der Waals surface area contributed by atoms with Crippen molar-refractivity contribution >= 4 is 9.84 Å². The molecule has 0 amide bonds. The number of sulfone groups is 1. The van der Waals surface area contributed by atoms with Crippen LogP contribution in [0.1, 0.15) is 25.7 Å². The summed E-state index contributed by atoms with van der Waals surface area (Å²) in [7, 11) is -3.15. The van der Waals surface area contributed by atoms with E-state index in [0.717, 1.165) is 0 Å². The second-order valence-corrected chi connectivity index (χ2v) is 7.46. The fourth-order valence-corrected chi connectivity index (χ4v) is 5.15. The molecule has 0 spiro atoms. The first-order valence-corrected chi connectivity index (χ1v) is 7.87. The minimum atomic E-state index is -3.15. The average Bonchev–Trinajstić information content (AvgIpc) is 2.28. The highest BCUT2D eigenvalue weighted by Gasteiger charge is 2.53.